The first-order valence-corrected chi connectivity index (χ1v) is 7.02. The Bertz CT molecular complexity index is 883. The Morgan fingerprint density at radius 3 is 2.81 bits per heavy atom. The van der Waals surface area contributed by atoms with Crippen molar-refractivity contribution in [3.8, 4) is 17.6 Å². The number of para-hydroxylation sites is 1. The third-order valence-corrected chi connectivity index (χ3v) is 3.74. The van der Waals surface area contributed by atoms with Crippen LogP contribution < -0.4 is 10.5 Å². The molecule has 0 aliphatic heterocycles. The average molecular weight is 394 g/mol. The number of furan rings is 1. The first-order valence-electron chi connectivity index (χ1n) is 5.94. The van der Waals surface area contributed by atoms with Crippen LogP contribution in [0.25, 0.3) is 11.0 Å². The molecule has 3 aromatic rings. The minimum absolute atomic E-state index is 0.0227. The second-order valence-electron chi connectivity index (χ2n) is 4.27. The maximum atomic E-state index is 13.7. The van der Waals surface area contributed by atoms with Crippen LogP contribution in [0.4, 0.5) is 10.1 Å². The largest absolute Gasteiger partial charge is 0.450 e. The number of nitriles is 1. The van der Waals surface area contributed by atoms with Crippen LogP contribution in [-0.4, -0.2) is 0 Å². The van der Waals surface area contributed by atoms with E-state index in [-0.39, 0.29) is 22.9 Å². The van der Waals surface area contributed by atoms with Crippen LogP contribution in [0.3, 0.4) is 0 Å². The van der Waals surface area contributed by atoms with Gasteiger partial charge in [0.15, 0.2) is 11.5 Å². The molecule has 6 heteroatoms. The van der Waals surface area contributed by atoms with Crippen molar-refractivity contribution in [1.29, 1.82) is 5.26 Å². The van der Waals surface area contributed by atoms with Gasteiger partial charge in [0.25, 0.3) is 0 Å². The molecule has 0 amide bonds. The van der Waals surface area contributed by atoms with Crippen LogP contribution in [0.2, 0.25) is 0 Å². The summed E-state index contributed by atoms with van der Waals surface area (Å²) < 4.78 is 25.1. The second-order valence-corrected chi connectivity index (χ2v) is 5.44. The number of hydrogen-bond acceptors (Lipinski definition) is 4. The highest BCUT2D eigenvalue weighted by Gasteiger charge is 2.18. The fourth-order valence-electron chi connectivity index (χ4n) is 1.94. The van der Waals surface area contributed by atoms with Crippen molar-refractivity contribution >= 4 is 39.2 Å². The highest BCUT2D eigenvalue weighted by atomic mass is 127. The SMILES string of the molecule is N#Cc1oc2ccccc2c1Oc1cc(F)c(I)cc1N. The van der Waals surface area contributed by atoms with Gasteiger partial charge in [-0.25, -0.2) is 4.39 Å². The molecular weight excluding hydrogens is 386 g/mol. The third kappa shape index (κ3) is 2.40. The van der Waals surface area contributed by atoms with Crippen molar-refractivity contribution in [3.63, 3.8) is 0 Å². The van der Waals surface area contributed by atoms with E-state index in [2.05, 4.69) is 0 Å². The molecule has 1 heterocycles. The Kier molecular flexibility index (Phi) is 3.43. The van der Waals surface area contributed by atoms with Gasteiger partial charge < -0.3 is 14.9 Å². The molecule has 3 rings (SSSR count). The molecule has 21 heavy (non-hydrogen) atoms. The van der Waals surface area contributed by atoms with E-state index in [9.17, 15) is 4.39 Å². The zero-order valence-corrected chi connectivity index (χ0v) is 12.7. The van der Waals surface area contributed by atoms with Gasteiger partial charge in [-0.3, -0.25) is 0 Å². The van der Waals surface area contributed by atoms with Crippen molar-refractivity contribution in [2.75, 3.05) is 5.73 Å². The van der Waals surface area contributed by atoms with Crippen molar-refractivity contribution in [2.45, 2.75) is 0 Å². The van der Waals surface area contributed by atoms with Crippen LogP contribution >= 0.6 is 22.6 Å². The number of nitrogens with zero attached hydrogens (tertiary/aromatic N) is 1. The molecule has 0 fully saturated rings. The Labute approximate surface area is 133 Å². The number of ether oxygens (including phenoxy) is 1. The summed E-state index contributed by atoms with van der Waals surface area (Å²) in [5, 5.41) is 9.77. The van der Waals surface area contributed by atoms with E-state index in [1.807, 2.05) is 28.7 Å². The Morgan fingerprint density at radius 2 is 2.05 bits per heavy atom. The van der Waals surface area contributed by atoms with E-state index >= 15 is 0 Å². The monoisotopic (exact) mass is 394 g/mol. The van der Waals surface area contributed by atoms with Crippen LogP contribution in [0, 0.1) is 20.7 Å². The molecule has 4 nitrogen and oxygen atoms in total. The Hall–Kier alpha value is -2.27. The van der Waals surface area contributed by atoms with Gasteiger partial charge in [0.05, 0.1) is 14.6 Å². The fraction of sp³-hybridized carbons (Fsp3) is 0. The van der Waals surface area contributed by atoms with Gasteiger partial charge in [0.2, 0.25) is 5.76 Å². The smallest absolute Gasteiger partial charge is 0.247 e. The van der Waals surface area contributed by atoms with Crippen LogP contribution in [0.5, 0.6) is 11.5 Å². The van der Waals surface area contributed by atoms with Crippen molar-refractivity contribution in [2.24, 2.45) is 0 Å². The first kappa shape index (κ1) is 13.7. The number of hydrogen-bond donors (Lipinski definition) is 1. The lowest BCUT2D eigenvalue weighted by Gasteiger charge is -2.08. The van der Waals surface area contributed by atoms with Crippen molar-refractivity contribution < 1.29 is 13.5 Å². The second kappa shape index (κ2) is 5.26. The molecule has 0 saturated heterocycles. The zero-order chi connectivity index (χ0) is 15.0. The molecule has 0 spiro atoms. The fourth-order valence-corrected chi connectivity index (χ4v) is 2.43. The molecule has 0 aliphatic rings. The van der Waals surface area contributed by atoms with Crippen molar-refractivity contribution in [3.05, 3.63) is 51.5 Å². The maximum Gasteiger partial charge on any atom is 0.247 e. The Morgan fingerprint density at radius 1 is 1.29 bits per heavy atom. The summed E-state index contributed by atoms with van der Waals surface area (Å²) in [7, 11) is 0. The van der Waals surface area contributed by atoms with E-state index in [4.69, 9.17) is 20.1 Å². The highest BCUT2D eigenvalue weighted by molar-refractivity contribution is 14.1. The third-order valence-electron chi connectivity index (χ3n) is 2.92. The minimum Gasteiger partial charge on any atom is -0.450 e. The lowest BCUT2D eigenvalue weighted by Crippen LogP contribution is -1.95. The lowest BCUT2D eigenvalue weighted by atomic mass is 10.2. The molecule has 0 aliphatic carbocycles. The quantitative estimate of drug-likeness (QED) is 0.516. The standard InChI is InChI=1S/C15H8FIN2O2/c16-9-5-13(11(19)6-10(9)17)21-15-8-3-1-2-4-12(8)20-14(15)7-18/h1-6H,19H2. The average Bonchev–Trinajstić information content (AvgIpc) is 2.83. The van der Waals surface area contributed by atoms with E-state index in [1.165, 1.54) is 12.1 Å². The van der Waals surface area contributed by atoms with E-state index < -0.39 is 5.82 Å². The number of rotatable bonds is 2. The predicted octanol–water partition coefficient (Wildman–Crippen LogP) is 4.42. The van der Waals surface area contributed by atoms with E-state index in [0.29, 0.717) is 14.5 Å². The number of halogens is 2. The predicted molar refractivity (Wildman–Crippen MR) is 84.5 cm³/mol. The number of benzene rings is 2. The maximum absolute atomic E-state index is 13.7. The van der Waals surface area contributed by atoms with E-state index in [0.717, 1.165) is 0 Å². The zero-order valence-electron chi connectivity index (χ0n) is 10.6. The molecule has 0 saturated carbocycles. The van der Waals surface area contributed by atoms with Crippen LogP contribution in [0.1, 0.15) is 5.76 Å². The Balaban J connectivity index is 2.14. The summed E-state index contributed by atoms with van der Waals surface area (Å²) in [6, 6.07) is 11.7. The summed E-state index contributed by atoms with van der Waals surface area (Å²) in [5.74, 6) is -0.0305. The number of nitrogen functional groups attached to an aromatic ring is 1. The topological polar surface area (TPSA) is 72.2 Å². The summed E-state index contributed by atoms with van der Waals surface area (Å²) in [5.41, 5.74) is 6.64. The van der Waals surface area contributed by atoms with Gasteiger partial charge in [-0.05, 0) is 40.8 Å². The van der Waals surface area contributed by atoms with Crippen molar-refractivity contribution in [1.82, 2.24) is 0 Å². The summed E-state index contributed by atoms with van der Waals surface area (Å²) >= 11 is 1.84. The lowest BCUT2D eigenvalue weighted by molar-refractivity contribution is 0.464. The molecule has 2 aromatic carbocycles. The first-order chi connectivity index (χ1) is 10.1. The number of fused-ring (bicyclic) bond motifs is 1. The van der Waals surface area contributed by atoms with Gasteiger partial charge in [-0.1, -0.05) is 12.1 Å². The van der Waals surface area contributed by atoms with Gasteiger partial charge in [0.1, 0.15) is 17.5 Å². The molecule has 104 valence electrons. The van der Waals surface area contributed by atoms with Crippen LogP contribution in [0.15, 0.2) is 40.8 Å². The molecule has 0 radical (unpaired) electrons. The molecule has 0 bridgehead atoms. The summed E-state index contributed by atoms with van der Waals surface area (Å²) in [6.45, 7) is 0. The number of nitrogens with two attached hydrogens (primary N) is 1. The number of anilines is 1. The summed E-state index contributed by atoms with van der Waals surface area (Å²) in [6.07, 6.45) is 0. The molecular formula is C15H8FIN2O2. The van der Waals surface area contributed by atoms with Gasteiger partial charge in [-0.15, -0.1) is 0 Å². The van der Waals surface area contributed by atoms with Gasteiger partial charge in [-0.2, -0.15) is 5.26 Å². The molecule has 2 N–H and O–H groups in total. The van der Waals surface area contributed by atoms with Crippen LogP contribution in [-0.2, 0) is 0 Å². The molecule has 1 aromatic heterocycles. The normalized spacial score (nSPS) is 10.5. The highest BCUT2D eigenvalue weighted by Crippen LogP contribution is 2.38. The van der Waals surface area contributed by atoms with Gasteiger partial charge >= 0.3 is 0 Å². The summed E-state index contributed by atoms with van der Waals surface area (Å²) in [4.78, 5) is 0. The molecule has 0 unspecified atom stereocenters. The minimum atomic E-state index is -0.439. The van der Waals surface area contributed by atoms with E-state index in [1.54, 1.807) is 24.3 Å². The molecule has 0 atom stereocenters. The van der Waals surface area contributed by atoms with Gasteiger partial charge in [0, 0.05) is 6.07 Å².